The summed E-state index contributed by atoms with van der Waals surface area (Å²) < 4.78 is 11.1. The fraction of sp³-hybridized carbons (Fsp3) is 0.357. The first-order valence-corrected chi connectivity index (χ1v) is 6.00. The summed E-state index contributed by atoms with van der Waals surface area (Å²) in [5.41, 5.74) is 0.878. The fourth-order valence-corrected chi connectivity index (χ4v) is 1.75. The Morgan fingerprint density at radius 2 is 2.17 bits per heavy atom. The molecule has 1 atom stereocenters. The summed E-state index contributed by atoms with van der Waals surface area (Å²) in [4.78, 5) is 4.31. The molecule has 0 bridgehead atoms. The van der Waals surface area contributed by atoms with Crippen molar-refractivity contribution < 1.29 is 9.15 Å². The predicted molar refractivity (Wildman–Crippen MR) is 70.7 cm³/mol. The van der Waals surface area contributed by atoms with Crippen LogP contribution in [0.2, 0.25) is 0 Å². The van der Waals surface area contributed by atoms with E-state index in [1.807, 2.05) is 31.3 Å². The number of hydrogen-bond donors (Lipinski definition) is 1. The van der Waals surface area contributed by atoms with Crippen LogP contribution in [0.3, 0.4) is 0 Å². The predicted octanol–water partition coefficient (Wildman–Crippen LogP) is 2.50. The number of para-hydroxylation sites is 1. The van der Waals surface area contributed by atoms with Crippen molar-refractivity contribution in [2.24, 2.45) is 0 Å². The van der Waals surface area contributed by atoms with Crippen molar-refractivity contribution in [3.63, 3.8) is 0 Å². The summed E-state index contributed by atoms with van der Waals surface area (Å²) in [7, 11) is 3.58. The van der Waals surface area contributed by atoms with Gasteiger partial charge in [0, 0.05) is 12.5 Å². The molecule has 2 aromatic rings. The van der Waals surface area contributed by atoms with Crippen LogP contribution in [0.4, 0.5) is 0 Å². The number of nitrogens with zero attached hydrogens (tertiary/aromatic N) is 1. The Labute approximate surface area is 107 Å². The zero-order valence-electron chi connectivity index (χ0n) is 10.9. The molecule has 2 rings (SSSR count). The maximum absolute atomic E-state index is 5.75. The molecule has 4 nitrogen and oxygen atoms in total. The molecular formula is C14H18N2O2. The average Bonchev–Trinajstić information content (AvgIpc) is 2.86. The Balaban J connectivity index is 2.24. The number of nitrogens with one attached hydrogen (secondary N) is 1. The van der Waals surface area contributed by atoms with Gasteiger partial charge in [-0.15, -0.1) is 0 Å². The molecule has 1 aromatic heterocycles. The van der Waals surface area contributed by atoms with Gasteiger partial charge in [0.2, 0.25) is 5.89 Å². The van der Waals surface area contributed by atoms with E-state index in [1.54, 1.807) is 13.3 Å². The highest BCUT2D eigenvalue weighted by molar-refractivity contribution is 5.62. The molecule has 1 N–H and O–H groups in total. The summed E-state index contributed by atoms with van der Waals surface area (Å²) in [6.45, 7) is 2.10. The van der Waals surface area contributed by atoms with Gasteiger partial charge in [-0.05, 0) is 26.1 Å². The largest absolute Gasteiger partial charge is 0.496 e. The SMILES string of the molecule is CNC(C)Cc1cnc(-c2ccccc2OC)o1. The average molecular weight is 246 g/mol. The lowest BCUT2D eigenvalue weighted by atomic mass is 10.2. The molecule has 0 radical (unpaired) electrons. The van der Waals surface area contributed by atoms with Crippen LogP contribution in [-0.4, -0.2) is 25.2 Å². The highest BCUT2D eigenvalue weighted by atomic mass is 16.5. The summed E-state index contributed by atoms with van der Waals surface area (Å²) >= 11 is 0. The normalized spacial score (nSPS) is 12.4. The van der Waals surface area contributed by atoms with E-state index < -0.39 is 0 Å². The number of oxazole rings is 1. The highest BCUT2D eigenvalue weighted by Crippen LogP contribution is 2.29. The van der Waals surface area contributed by atoms with E-state index >= 15 is 0 Å². The molecule has 0 aliphatic carbocycles. The molecule has 4 heteroatoms. The van der Waals surface area contributed by atoms with Crippen LogP contribution in [0.25, 0.3) is 11.5 Å². The number of rotatable bonds is 5. The van der Waals surface area contributed by atoms with Crippen molar-refractivity contribution >= 4 is 0 Å². The van der Waals surface area contributed by atoms with Crippen molar-refractivity contribution in [2.75, 3.05) is 14.2 Å². The van der Waals surface area contributed by atoms with Gasteiger partial charge in [-0.2, -0.15) is 0 Å². The van der Waals surface area contributed by atoms with E-state index in [9.17, 15) is 0 Å². The lowest BCUT2D eigenvalue weighted by Crippen LogP contribution is -2.23. The lowest BCUT2D eigenvalue weighted by molar-refractivity contribution is 0.413. The van der Waals surface area contributed by atoms with Crippen LogP contribution in [-0.2, 0) is 6.42 Å². The van der Waals surface area contributed by atoms with Gasteiger partial charge < -0.3 is 14.5 Å². The van der Waals surface area contributed by atoms with Gasteiger partial charge in [-0.25, -0.2) is 4.98 Å². The number of ether oxygens (including phenoxy) is 1. The molecule has 0 amide bonds. The Hall–Kier alpha value is -1.81. The molecule has 0 saturated heterocycles. The third-order valence-electron chi connectivity index (χ3n) is 2.89. The molecule has 1 unspecified atom stereocenters. The zero-order chi connectivity index (χ0) is 13.0. The summed E-state index contributed by atoms with van der Waals surface area (Å²) in [6.07, 6.45) is 2.59. The van der Waals surface area contributed by atoms with E-state index in [0.29, 0.717) is 11.9 Å². The minimum Gasteiger partial charge on any atom is -0.496 e. The number of methoxy groups -OCH3 is 1. The summed E-state index contributed by atoms with van der Waals surface area (Å²) in [5, 5.41) is 3.17. The molecule has 0 saturated carbocycles. The number of likely N-dealkylation sites (N-methyl/N-ethyl adjacent to an activating group) is 1. The second-order valence-electron chi connectivity index (χ2n) is 4.23. The van der Waals surface area contributed by atoms with E-state index in [1.165, 1.54) is 0 Å². The molecule has 1 heterocycles. The van der Waals surface area contributed by atoms with E-state index in [2.05, 4.69) is 17.2 Å². The first-order valence-electron chi connectivity index (χ1n) is 6.00. The van der Waals surface area contributed by atoms with Crippen molar-refractivity contribution in [1.82, 2.24) is 10.3 Å². The fourth-order valence-electron chi connectivity index (χ4n) is 1.75. The molecule has 0 spiro atoms. The van der Waals surface area contributed by atoms with Gasteiger partial charge in [0.25, 0.3) is 0 Å². The van der Waals surface area contributed by atoms with Gasteiger partial charge in [0.05, 0.1) is 18.9 Å². The molecule has 0 fully saturated rings. The Kier molecular flexibility index (Phi) is 3.99. The lowest BCUT2D eigenvalue weighted by Gasteiger charge is -2.06. The number of hydrogen-bond acceptors (Lipinski definition) is 4. The highest BCUT2D eigenvalue weighted by Gasteiger charge is 2.12. The molecule has 0 aliphatic heterocycles. The van der Waals surface area contributed by atoms with Crippen molar-refractivity contribution in [1.29, 1.82) is 0 Å². The third kappa shape index (κ3) is 2.71. The third-order valence-corrected chi connectivity index (χ3v) is 2.89. The van der Waals surface area contributed by atoms with E-state index in [4.69, 9.17) is 9.15 Å². The summed E-state index contributed by atoms with van der Waals surface area (Å²) in [5.74, 6) is 2.25. The molecule has 0 aliphatic rings. The van der Waals surface area contributed by atoms with E-state index in [0.717, 1.165) is 23.5 Å². The van der Waals surface area contributed by atoms with Crippen LogP contribution in [0.15, 0.2) is 34.9 Å². The maximum Gasteiger partial charge on any atom is 0.229 e. The minimum absolute atomic E-state index is 0.364. The van der Waals surface area contributed by atoms with Gasteiger partial charge in [0.1, 0.15) is 11.5 Å². The second-order valence-corrected chi connectivity index (χ2v) is 4.23. The van der Waals surface area contributed by atoms with Gasteiger partial charge in [-0.1, -0.05) is 12.1 Å². The van der Waals surface area contributed by atoms with Crippen molar-refractivity contribution in [3.05, 3.63) is 36.2 Å². The van der Waals surface area contributed by atoms with Crippen LogP contribution in [0.5, 0.6) is 5.75 Å². The smallest absolute Gasteiger partial charge is 0.229 e. The Morgan fingerprint density at radius 1 is 1.39 bits per heavy atom. The first-order chi connectivity index (χ1) is 8.74. The van der Waals surface area contributed by atoms with Crippen molar-refractivity contribution in [2.45, 2.75) is 19.4 Å². The van der Waals surface area contributed by atoms with Crippen LogP contribution < -0.4 is 10.1 Å². The standard InChI is InChI=1S/C14H18N2O2/c1-10(15-2)8-11-9-16-14(18-11)12-6-4-5-7-13(12)17-3/h4-7,9-10,15H,8H2,1-3H3. The van der Waals surface area contributed by atoms with Crippen molar-refractivity contribution in [3.8, 4) is 17.2 Å². The molecular weight excluding hydrogens is 228 g/mol. The monoisotopic (exact) mass is 246 g/mol. The molecule has 1 aromatic carbocycles. The number of benzene rings is 1. The molecule has 96 valence electrons. The zero-order valence-corrected chi connectivity index (χ0v) is 10.9. The van der Waals surface area contributed by atoms with Crippen LogP contribution in [0, 0.1) is 0 Å². The quantitative estimate of drug-likeness (QED) is 0.880. The Bertz CT molecular complexity index is 508. The van der Waals surface area contributed by atoms with Crippen LogP contribution >= 0.6 is 0 Å². The minimum atomic E-state index is 0.364. The number of aromatic nitrogens is 1. The van der Waals surface area contributed by atoms with Gasteiger partial charge in [0.15, 0.2) is 0 Å². The van der Waals surface area contributed by atoms with Crippen LogP contribution in [0.1, 0.15) is 12.7 Å². The van der Waals surface area contributed by atoms with E-state index in [-0.39, 0.29) is 0 Å². The van der Waals surface area contributed by atoms with Gasteiger partial charge >= 0.3 is 0 Å². The molecule has 18 heavy (non-hydrogen) atoms. The Morgan fingerprint density at radius 3 is 2.89 bits per heavy atom. The topological polar surface area (TPSA) is 47.3 Å². The van der Waals surface area contributed by atoms with Gasteiger partial charge in [-0.3, -0.25) is 0 Å². The second kappa shape index (κ2) is 5.69. The maximum atomic E-state index is 5.75. The summed E-state index contributed by atoms with van der Waals surface area (Å²) in [6, 6.07) is 8.07. The first kappa shape index (κ1) is 12.6.